The number of nitrogens with zero attached hydrogens (tertiary/aromatic N) is 2. The molecule has 0 aliphatic heterocycles. The number of halogens is 1. The molecule has 1 unspecified atom stereocenters. The number of rotatable bonds is 6. The number of methoxy groups -OCH3 is 2. The van der Waals surface area contributed by atoms with E-state index in [1.807, 2.05) is 0 Å². The molecule has 4 rings (SSSR count). The predicted octanol–water partition coefficient (Wildman–Crippen LogP) is 3.67. The van der Waals surface area contributed by atoms with E-state index in [9.17, 15) is 4.39 Å². The van der Waals surface area contributed by atoms with Crippen LogP contribution in [0.4, 0.5) is 21.6 Å². The molecule has 9 heteroatoms. The molecule has 0 radical (unpaired) electrons. The zero-order valence-electron chi connectivity index (χ0n) is 16.2. The number of hydrogen-bond acceptors (Lipinski definition) is 8. The summed E-state index contributed by atoms with van der Waals surface area (Å²) in [5.74, 6) is 0.0474. The maximum Gasteiger partial charge on any atom is 0.148 e. The minimum atomic E-state index is -0.498. The summed E-state index contributed by atoms with van der Waals surface area (Å²) in [5.41, 5.74) is 7.46. The molecule has 4 N–H and O–H groups in total. The van der Waals surface area contributed by atoms with Crippen molar-refractivity contribution in [3.63, 3.8) is 0 Å². The minimum absolute atomic E-state index is 0.220. The quantitative estimate of drug-likeness (QED) is 0.419. The number of aryl methyl sites for hydroxylation is 1. The fourth-order valence-electron chi connectivity index (χ4n) is 3.85. The molecule has 152 valence electrons. The van der Waals surface area contributed by atoms with E-state index in [1.165, 1.54) is 28.9 Å². The van der Waals surface area contributed by atoms with Gasteiger partial charge in [0.1, 0.15) is 22.8 Å². The second-order valence-electron chi connectivity index (χ2n) is 7.13. The number of benzene rings is 1. The minimum Gasteiger partial charge on any atom is -0.398 e. The van der Waals surface area contributed by atoms with Crippen LogP contribution >= 0.6 is 11.3 Å². The monoisotopic (exact) mass is 415 g/mol. The van der Waals surface area contributed by atoms with E-state index in [0.29, 0.717) is 18.0 Å². The zero-order chi connectivity index (χ0) is 20.6. The lowest BCUT2D eigenvalue weighted by atomic mass is 9.84. The van der Waals surface area contributed by atoms with E-state index in [0.717, 1.165) is 35.7 Å². The molecule has 0 bridgehead atoms. The highest BCUT2D eigenvalue weighted by molar-refractivity contribution is 7.19. The Morgan fingerprint density at radius 1 is 1.38 bits per heavy atom. The van der Waals surface area contributed by atoms with Crippen molar-refractivity contribution < 1.29 is 13.9 Å². The number of thiophene rings is 1. The molecule has 0 amide bonds. The van der Waals surface area contributed by atoms with Gasteiger partial charge in [0.05, 0.1) is 23.3 Å². The van der Waals surface area contributed by atoms with Gasteiger partial charge in [-0.25, -0.2) is 14.4 Å². The van der Waals surface area contributed by atoms with Crippen LogP contribution in [0.3, 0.4) is 0 Å². The van der Waals surface area contributed by atoms with Crippen LogP contribution in [-0.2, 0) is 22.3 Å². The Morgan fingerprint density at radius 2 is 2.21 bits per heavy atom. The summed E-state index contributed by atoms with van der Waals surface area (Å²) >= 11 is 1.61. The molecule has 1 aliphatic rings. The van der Waals surface area contributed by atoms with Gasteiger partial charge in [0.2, 0.25) is 0 Å². The summed E-state index contributed by atoms with van der Waals surface area (Å²) in [7, 11) is 3.40. The van der Waals surface area contributed by atoms with Crippen molar-refractivity contribution in [2.24, 2.45) is 0 Å². The summed E-state index contributed by atoms with van der Waals surface area (Å²) in [6.07, 6.45) is 4.92. The molecule has 29 heavy (non-hydrogen) atoms. The normalized spacial score (nSPS) is 18.6. The molecular formula is C20H22FN5O2S. The van der Waals surface area contributed by atoms with E-state index >= 15 is 0 Å². The third kappa shape index (κ3) is 3.45. The van der Waals surface area contributed by atoms with E-state index in [-0.39, 0.29) is 17.0 Å². The van der Waals surface area contributed by atoms with Crippen LogP contribution in [-0.4, -0.2) is 42.6 Å². The van der Waals surface area contributed by atoms with Crippen molar-refractivity contribution in [1.82, 2.24) is 9.97 Å². The van der Waals surface area contributed by atoms with Gasteiger partial charge in [0, 0.05) is 43.0 Å². The lowest BCUT2D eigenvalue weighted by molar-refractivity contribution is -0.0714. The topological polar surface area (TPSA) is 106 Å². The first kappa shape index (κ1) is 19.7. The molecule has 0 saturated carbocycles. The van der Waals surface area contributed by atoms with E-state index < -0.39 is 5.82 Å². The molecule has 0 fully saturated rings. The second kappa shape index (κ2) is 7.66. The Bertz CT molecular complexity index is 1090. The van der Waals surface area contributed by atoms with Crippen molar-refractivity contribution in [2.45, 2.75) is 24.9 Å². The van der Waals surface area contributed by atoms with E-state index in [4.69, 9.17) is 20.6 Å². The predicted molar refractivity (Wildman–Crippen MR) is 113 cm³/mol. The first-order chi connectivity index (χ1) is 14.0. The van der Waals surface area contributed by atoms with Crippen molar-refractivity contribution >= 4 is 45.0 Å². The van der Waals surface area contributed by atoms with Gasteiger partial charge < -0.3 is 25.9 Å². The van der Waals surface area contributed by atoms with Crippen LogP contribution < -0.4 is 11.1 Å². The highest BCUT2D eigenvalue weighted by Gasteiger charge is 2.37. The number of anilines is 3. The largest absolute Gasteiger partial charge is 0.398 e. The van der Waals surface area contributed by atoms with Crippen molar-refractivity contribution in [3.8, 4) is 0 Å². The molecule has 2 heterocycles. The molecule has 3 aromatic rings. The third-order valence-electron chi connectivity index (χ3n) is 5.41. The Labute approximate surface area is 171 Å². The molecule has 7 nitrogen and oxygen atoms in total. The van der Waals surface area contributed by atoms with Crippen LogP contribution in [0.25, 0.3) is 10.2 Å². The molecule has 0 saturated heterocycles. The number of nitrogens with one attached hydrogen (secondary N) is 2. The highest BCUT2D eigenvalue weighted by Crippen LogP contribution is 2.42. The zero-order valence-corrected chi connectivity index (χ0v) is 17.0. The van der Waals surface area contributed by atoms with Crippen LogP contribution in [0.15, 0.2) is 18.5 Å². The summed E-state index contributed by atoms with van der Waals surface area (Å²) in [4.78, 5) is 10.8. The smallest absolute Gasteiger partial charge is 0.148 e. The average Bonchev–Trinajstić information content (AvgIpc) is 3.08. The maximum atomic E-state index is 14.5. The summed E-state index contributed by atoms with van der Waals surface area (Å²) < 4.78 is 25.6. The Kier molecular flexibility index (Phi) is 5.20. The Morgan fingerprint density at radius 3 is 2.93 bits per heavy atom. The first-order valence-electron chi connectivity index (χ1n) is 9.16. The molecule has 2 aromatic heterocycles. The molecular weight excluding hydrogens is 393 g/mol. The van der Waals surface area contributed by atoms with Crippen molar-refractivity contribution in [2.75, 3.05) is 31.9 Å². The van der Waals surface area contributed by atoms with Gasteiger partial charge in [0.15, 0.2) is 0 Å². The van der Waals surface area contributed by atoms with Gasteiger partial charge in [-0.05, 0) is 30.5 Å². The van der Waals surface area contributed by atoms with Crippen LogP contribution in [0, 0.1) is 11.2 Å². The number of nitrogens with two attached hydrogens (primary N) is 1. The maximum absolute atomic E-state index is 14.5. The van der Waals surface area contributed by atoms with Gasteiger partial charge in [-0.15, -0.1) is 11.3 Å². The standard InChI is InChI=1S/C20H22FN5O2S/c1-27-9-20(28-2)4-3-12-16(7-20)29-19-17(12)18(24-10-25-19)26-15-5-11(8-22)14(23)6-13(15)21/h5-6,8,10,22H,3-4,7,9,23H2,1-2H3,(H,24,25,26). The lowest BCUT2D eigenvalue weighted by Crippen LogP contribution is -2.41. The highest BCUT2D eigenvalue weighted by atomic mass is 32.1. The van der Waals surface area contributed by atoms with Gasteiger partial charge in [0.25, 0.3) is 0 Å². The molecule has 1 aromatic carbocycles. The molecule has 0 spiro atoms. The van der Waals surface area contributed by atoms with E-state index in [2.05, 4.69) is 15.3 Å². The van der Waals surface area contributed by atoms with Gasteiger partial charge in [-0.3, -0.25) is 0 Å². The Hall–Kier alpha value is -2.62. The summed E-state index contributed by atoms with van der Waals surface area (Å²) in [6, 6.07) is 2.72. The van der Waals surface area contributed by atoms with Gasteiger partial charge >= 0.3 is 0 Å². The van der Waals surface area contributed by atoms with E-state index in [1.54, 1.807) is 25.6 Å². The average molecular weight is 415 g/mol. The fraction of sp³-hybridized carbons (Fsp3) is 0.350. The Balaban J connectivity index is 1.76. The van der Waals surface area contributed by atoms with Crippen molar-refractivity contribution in [3.05, 3.63) is 40.3 Å². The number of nitrogen functional groups attached to an aromatic ring is 1. The van der Waals surface area contributed by atoms with Crippen LogP contribution in [0.1, 0.15) is 22.4 Å². The summed E-state index contributed by atoms with van der Waals surface area (Å²) in [5, 5.41) is 11.4. The second-order valence-corrected chi connectivity index (χ2v) is 8.22. The number of aromatic nitrogens is 2. The SMILES string of the molecule is COCC1(OC)CCc2c(sc3ncnc(Nc4cc(C=N)c(N)cc4F)c23)C1. The van der Waals surface area contributed by atoms with Crippen LogP contribution in [0.5, 0.6) is 0 Å². The molecule has 1 atom stereocenters. The number of hydrogen-bond donors (Lipinski definition) is 3. The molecule has 1 aliphatic carbocycles. The number of ether oxygens (including phenoxy) is 2. The summed E-state index contributed by atoms with van der Waals surface area (Å²) in [6.45, 7) is 0.525. The third-order valence-corrected chi connectivity index (χ3v) is 6.55. The van der Waals surface area contributed by atoms with Gasteiger partial charge in [-0.1, -0.05) is 0 Å². The van der Waals surface area contributed by atoms with Crippen LogP contribution in [0.2, 0.25) is 0 Å². The fourth-order valence-corrected chi connectivity index (χ4v) is 5.16. The number of fused-ring (bicyclic) bond motifs is 3. The van der Waals surface area contributed by atoms with Crippen molar-refractivity contribution in [1.29, 1.82) is 5.41 Å². The lowest BCUT2D eigenvalue weighted by Gasteiger charge is -2.35. The first-order valence-corrected chi connectivity index (χ1v) is 9.98. The van der Waals surface area contributed by atoms with Gasteiger partial charge in [-0.2, -0.15) is 0 Å².